The average molecular weight is 305 g/mol. The number of nitrogens with zero attached hydrogens (tertiary/aromatic N) is 1. The molecule has 1 aliphatic rings. The molecule has 112 valence electrons. The molecule has 0 unspecified atom stereocenters. The molecule has 0 aromatic carbocycles. The highest BCUT2D eigenvalue weighted by Crippen LogP contribution is 2.20. The van der Waals surface area contributed by atoms with E-state index in [0.29, 0.717) is 18.3 Å². The fourth-order valence-electron chi connectivity index (χ4n) is 2.47. The molecular formula is C15H19N3O2S. The molecule has 1 saturated heterocycles. The highest BCUT2D eigenvalue weighted by molar-refractivity contribution is 7.08. The Labute approximate surface area is 127 Å². The van der Waals surface area contributed by atoms with Gasteiger partial charge in [-0.15, -0.1) is 0 Å². The van der Waals surface area contributed by atoms with Gasteiger partial charge in [0.05, 0.1) is 11.8 Å². The van der Waals surface area contributed by atoms with Crippen molar-refractivity contribution in [2.75, 3.05) is 13.2 Å². The molecular weight excluding hydrogens is 286 g/mol. The SMILES string of the molecule is O=C(NCC[C@H]1CCCCO1)c1cc(-c2ccsc2)n[nH]1. The summed E-state index contributed by atoms with van der Waals surface area (Å²) in [6.07, 6.45) is 4.65. The maximum Gasteiger partial charge on any atom is 0.269 e. The zero-order chi connectivity index (χ0) is 14.5. The molecule has 3 rings (SSSR count). The van der Waals surface area contributed by atoms with Crippen molar-refractivity contribution in [3.8, 4) is 11.3 Å². The standard InChI is InChI=1S/C15H19N3O2S/c19-15(16-6-4-12-3-1-2-7-20-12)14-9-13(17-18-14)11-5-8-21-10-11/h5,8-10,12H,1-4,6-7H2,(H,16,19)(H,17,18)/t12-/m1/s1. The number of carbonyl (C=O) groups excluding carboxylic acids is 1. The summed E-state index contributed by atoms with van der Waals surface area (Å²) in [5.41, 5.74) is 2.34. The molecule has 1 amide bonds. The number of thiophene rings is 1. The maximum atomic E-state index is 12.0. The minimum Gasteiger partial charge on any atom is -0.378 e. The fourth-order valence-corrected chi connectivity index (χ4v) is 3.12. The van der Waals surface area contributed by atoms with Gasteiger partial charge in [0.1, 0.15) is 5.69 Å². The predicted octanol–water partition coefficient (Wildman–Crippen LogP) is 2.83. The van der Waals surface area contributed by atoms with Crippen LogP contribution in [0.15, 0.2) is 22.9 Å². The minimum absolute atomic E-state index is 0.111. The normalized spacial score (nSPS) is 18.6. The molecule has 0 saturated carbocycles. The Hall–Kier alpha value is -1.66. The number of carbonyl (C=O) groups is 1. The van der Waals surface area contributed by atoms with Crippen LogP contribution in [0, 0.1) is 0 Å². The van der Waals surface area contributed by atoms with Gasteiger partial charge in [0.25, 0.3) is 5.91 Å². The van der Waals surface area contributed by atoms with E-state index < -0.39 is 0 Å². The minimum atomic E-state index is -0.111. The predicted molar refractivity (Wildman–Crippen MR) is 82.4 cm³/mol. The summed E-state index contributed by atoms with van der Waals surface area (Å²) in [4.78, 5) is 12.0. The maximum absolute atomic E-state index is 12.0. The lowest BCUT2D eigenvalue weighted by molar-refractivity contribution is 0.0117. The van der Waals surface area contributed by atoms with E-state index in [4.69, 9.17) is 4.74 Å². The van der Waals surface area contributed by atoms with Gasteiger partial charge in [-0.1, -0.05) is 0 Å². The lowest BCUT2D eigenvalue weighted by Gasteiger charge is -2.22. The summed E-state index contributed by atoms with van der Waals surface area (Å²) in [5, 5.41) is 13.9. The van der Waals surface area contributed by atoms with Crippen LogP contribution in [-0.4, -0.2) is 35.4 Å². The smallest absolute Gasteiger partial charge is 0.269 e. The van der Waals surface area contributed by atoms with Crippen molar-refractivity contribution in [3.05, 3.63) is 28.6 Å². The lowest BCUT2D eigenvalue weighted by Crippen LogP contribution is -2.29. The number of aromatic nitrogens is 2. The Morgan fingerprint density at radius 2 is 2.48 bits per heavy atom. The molecule has 2 N–H and O–H groups in total. The van der Waals surface area contributed by atoms with Crippen molar-refractivity contribution >= 4 is 17.2 Å². The largest absolute Gasteiger partial charge is 0.378 e. The average Bonchev–Trinajstić information content (AvgIpc) is 3.19. The molecule has 6 heteroatoms. The van der Waals surface area contributed by atoms with E-state index in [1.807, 2.05) is 16.8 Å². The number of hydrogen-bond acceptors (Lipinski definition) is 4. The molecule has 1 aliphatic heterocycles. The van der Waals surface area contributed by atoms with Gasteiger partial charge in [-0.2, -0.15) is 16.4 Å². The second-order valence-corrected chi connectivity index (χ2v) is 5.99. The van der Waals surface area contributed by atoms with E-state index in [0.717, 1.165) is 37.1 Å². The number of ether oxygens (including phenoxy) is 1. The second kappa shape index (κ2) is 6.87. The summed E-state index contributed by atoms with van der Waals surface area (Å²) in [6, 6.07) is 3.78. The molecule has 21 heavy (non-hydrogen) atoms. The highest BCUT2D eigenvalue weighted by atomic mass is 32.1. The molecule has 5 nitrogen and oxygen atoms in total. The van der Waals surface area contributed by atoms with Crippen LogP contribution in [0.2, 0.25) is 0 Å². The number of H-pyrrole nitrogens is 1. The number of aromatic amines is 1. The van der Waals surface area contributed by atoms with Crippen LogP contribution in [0.25, 0.3) is 11.3 Å². The number of rotatable bonds is 5. The molecule has 0 bridgehead atoms. The topological polar surface area (TPSA) is 67.0 Å². The van der Waals surface area contributed by atoms with Gasteiger partial charge < -0.3 is 10.1 Å². The van der Waals surface area contributed by atoms with Crippen molar-refractivity contribution in [2.45, 2.75) is 31.8 Å². The Morgan fingerprint density at radius 3 is 3.24 bits per heavy atom. The third kappa shape index (κ3) is 3.71. The number of hydrogen-bond donors (Lipinski definition) is 2. The molecule has 1 atom stereocenters. The molecule has 2 aromatic heterocycles. The third-order valence-corrected chi connectivity index (χ3v) is 4.35. The zero-order valence-electron chi connectivity index (χ0n) is 11.8. The molecule has 0 aliphatic carbocycles. The van der Waals surface area contributed by atoms with Crippen molar-refractivity contribution in [1.82, 2.24) is 15.5 Å². The quantitative estimate of drug-likeness (QED) is 0.892. The second-order valence-electron chi connectivity index (χ2n) is 5.21. The zero-order valence-corrected chi connectivity index (χ0v) is 12.6. The number of amides is 1. The summed E-state index contributed by atoms with van der Waals surface area (Å²) >= 11 is 1.61. The first-order valence-corrected chi connectivity index (χ1v) is 8.25. The van der Waals surface area contributed by atoms with Crippen molar-refractivity contribution < 1.29 is 9.53 Å². The molecule has 0 spiro atoms. The van der Waals surface area contributed by atoms with Crippen LogP contribution in [-0.2, 0) is 4.74 Å². The van der Waals surface area contributed by atoms with Crippen molar-refractivity contribution in [3.63, 3.8) is 0 Å². The van der Waals surface area contributed by atoms with Gasteiger partial charge in [0.2, 0.25) is 0 Å². The molecule has 2 aromatic rings. The highest BCUT2D eigenvalue weighted by Gasteiger charge is 2.15. The van der Waals surface area contributed by atoms with Crippen LogP contribution in [0.1, 0.15) is 36.2 Å². The monoisotopic (exact) mass is 305 g/mol. The molecule has 0 radical (unpaired) electrons. The first-order chi connectivity index (χ1) is 10.3. The van der Waals surface area contributed by atoms with E-state index in [1.54, 1.807) is 17.4 Å². The van der Waals surface area contributed by atoms with E-state index in [2.05, 4.69) is 15.5 Å². The van der Waals surface area contributed by atoms with E-state index in [-0.39, 0.29) is 5.91 Å². The Balaban J connectivity index is 1.49. The van der Waals surface area contributed by atoms with Gasteiger partial charge in [0, 0.05) is 24.1 Å². The van der Waals surface area contributed by atoms with Gasteiger partial charge in [-0.05, 0) is 43.2 Å². The summed E-state index contributed by atoms with van der Waals surface area (Å²) in [5.74, 6) is -0.111. The van der Waals surface area contributed by atoms with E-state index in [1.165, 1.54) is 6.42 Å². The molecule has 1 fully saturated rings. The van der Waals surface area contributed by atoms with E-state index >= 15 is 0 Å². The summed E-state index contributed by atoms with van der Waals surface area (Å²) < 4.78 is 5.65. The fraction of sp³-hybridized carbons (Fsp3) is 0.467. The first kappa shape index (κ1) is 14.3. The van der Waals surface area contributed by atoms with Crippen LogP contribution in [0.3, 0.4) is 0 Å². The Morgan fingerprint density at radius 1 is 1.52 bits per heavy atom. The van der Waals surface area contributed by atoms with Crippen molar-refractivity contribution in [1.29, 1.82) is 0 Å². The van der Waals surface area contributed by atoms with Crippen LogP contribution < -0.4 is 5.32 Å². The Kier molecular flexibility index (Phi) is 4.67. The summed E-state index contributed by atoms with van der Waals surface area (Å²) in [7, 11) is 0. The first-order valence-electron chi connectivity index (χ1n) is 7.31. The van der Waals surface area contributed by atoms with Gasteiger partial charge in [-0.3, -0.25) is 9.89 Å². The van der Waals surface area contributed by atoms with E-state index in [9.17, 15) is 4.79 Å². The van der Waals surface area contributed by atoms with Crippen molar-refractivity contribution in [2.24, 2.45) is 0 Å². The van der Waals surface area contributed by atoms with Gasteiger partial charge in [0.15, 0.2) is 0 Å². The van der Waals surface area contributed by atoms with Gasteiger partial charge in [-0.25, -0.2) is 0 Å². The van der Waals surface area contributed by atoms with Crippen LogP contribution in [0.5, 0.6) is 0 Å². The number of nitrogens with one attached hydrogen (secondary N) is 2. The van der Waals surface area contributed by atoms with Gasteiger partial charge >= 0.3 is 0 Å². The molecule has 3 heterocycles. The Bertz CT molecular complexity index is 574. The third-order valence-electron chi connectivity index (χ3n) is 3.67. The lowest BCUT2D eigenvalue weighted by atomic mass is 10.1. The van der Waals surface area contributed by atoms with Crippen LogP contribution >= 0.6 is 11.3 Å². The van der Waals surface area contributed by atoms with Crippen LogP contribution in [0.4, 0.5) is 0 Å². The summed E-state index contributed by atoms with van der Waals surface area (Å²) in [6.45, 7) is 1.49.